The minimum absolute atomic E-state index is 0.296. The summed E-state index contributed by atoms with van der Waals surface area (Å²) >= 11 is 0. The zero-order valence-electron chi connectivity index (χ0n) is 12.2. The lowest BCUT2D eigenvalue weighted by atomic mass is 9.84. The Kier molecular flexibility index (Phi) is 5.60. The van der Waals surface area contributed by atoms with Crippen LogP contribution in [0.3, 0.4) is 0 Å². The van der Waals surface area contributed by atoms with Crippen LogP contribution in [0.15, 0.2) is 0 Å². The average molecular weight is 256 g/mol. The first-order chi connectivity index (χ1) is 8.42. The van der Waals surface area contributed by atoms with Gasteiger partial charge in [0.05, 0.1) is 0 Å². The van der Waals surface area contributed by atoms with E-state index in [1.807, 2.05) is 0 Å². The van der Waals surface area contributed by atoms with Gasteiger partial charge in [0.25, 0.3) is 0 Å². The van der Waals surface area contributed by atoms with Gasteiger partial charge in [-0.25, -0.2) is 0 Å². The number of hydrogen-bond donors (Lipinski definition) is 2. The number of carbonyl (C=O) groups is 1. The maximum Gasteiger partial charge on any atom is 0.323 e. The highest BCUT2D eigenvalue weighted by Gasteiger charge is 2.34. The number of nitrogens with zero attached hydrogens (tertiary/aromatic N) is 1. The van der Waals surface area contributed by atoms with Gasteiger partial charge in [-0.1, -0.05) is 13.3 Å². The molecule has 0 heterocycles. The first kappa shape index (κ1) is 15.4. The van der Waals surface area contributed by atoms with Crippen molar-refractivity contribution >= 4 is 5.97 Å². The van der Waals surface area contributed by atoms with Crippen molar-refractivity contribution in [3.63, 3.8) is 0 Å². The molecule has 2 N–H and O–H groups in total. The Morgan fingerprint density at radius 1 is 1.56 bits per heavy atom. The molecule has 0 saturated heterocycles. The number of likely N-dealkylation sites (N-methyl/N-ethyl adjacent to an activating group) is 1. The lowest BCUT2D eigenvalue weighted by molar-refractivity contribution is -0.144. The Balaban J connectivity index is 2.54. The Hall–Kier alpha value is -0.610. The van der Waals surface area contributed by atoms with Crippen molar-refractivity contribution < 1.29 is 9.90 Å². The Morgan fingerprint density at radius 3 is 2.50 bits per heavy atom. The number of hydrogen-bond acceptors (Lipinski definition) is 3. The van der Waals surface area contributed by atoms with Crippen molar-refractivity contribution in [1.29, 1.82) is 0 Å². The highest BCUT2D eigenvalue weighted by Crippen LogP contribution is 2.28. The average Bonchev–Trinajstić information content (AvgIpc) is 2.27. The van der Waals surface area contributed by atoms with Crippen LogP contribution in [0.25, 0.3) is 0 Å². The van der Waals surface area contributed by atoms with Gasteiger partial charge in [-0.3, -0.25) is 4.79 Å². The molecule has 1 saturated carbocycles. The number of carboxylic acid groups (broad SMARTS) is 1. The molecular formula is C14H28N2O2. The predicted octanol–water partition coefficient (Wildman–Crippen LogP) is 1.95. The van der Waals surface area contributed by atoms with Crippen LogP contribution in [0, 0.1) is 5.92 Å². The second-order valence-corrected chi connectivity index (χ2v) is 5.82. The van der Waals surface area contributed by atoms with E-state index in [-0.39, 0.29) is 0 Å². The van der Waals surface area contributed by atoms with Crippen LogP contribution in [0.2, 0.25) is 0 Å². The van der Waals surface area contributed by atoms with Crippen LogP contribution >= 0.6 is 0 Å². The van der Waals surface area contributed by atoms with Gasteiger partial charge in [0.15, 0.2) is 0 Å². The topological polar surface area (TPSA) is 52.6 Å². The van der Waals surface area contributed by atoms with E-state index in [1.165, 1.54) is 19.3 Å². The molecule has 0 bridgehead atoms. The molecular weight excluding hydrogens is 228 g/mol. The maximum absolute atomic E-state index is 11.3. The van der Waals surface area contributed by atoms with E-state index < -0.39 is 11.5 Å². The Morgan fingerprint density at radius 2 is 2.17 bits per heavy atom. The van der Waals surface area contributed by atoms with E-state index in [4.69, 9.17) is 0 Å². The van der Waals surface area contributed by atoms with Crippen molar-refractivity contribution in [1.82, 2.24) is 10.2 Å². The van der Waals surface area contributed by atoms with E-state index in [0.717, 1.165) is 19.0 Å². The van der Waals surface area contributed by atoms with E-state index in [9.17, 15) is 9.90 Å². The first-order valence-corrected chi connectivity index (χ1v) is 7.09. The molecule has 0 aromatic rings. The molecule has 2 atom stereocenters. The van der Waals surface area contributed by atoms with Crippen molar-refractivity contribution in [3.8, 4) is 0 Å². The summed E-state index contributed by atoms with van der Waals surface area (Å²) in [4.78, 5) is 13.7. The third kappa shape index (κ3) is 3.69. The highest BCUT2D eigenvalue weighted by atomic mass is 16.4. The molecule has 2 unspecified atom stereocenters. The molecule has 18 heavy (non-hydrogen) atoms. The zero-order valence-corrected chi connectivity index (χ0v) is 12.2. The molecule has 0 aromatic heterocycles. The van der Waals surface area contributed by atoms with Crippen molar-refractivity contribution in [2.24, 2.45) is 5.92 Å². The monoisotopic (exact) mass is 256 g/mol. The SMILES string of the molecule is CCN(CC1CCC1)C(C)CC(C)(NC)C(=O)O. The van der Waals surface area contributed by atoms with Gasteiger partial charge in [0.2, 0.25) is 0 Å². The summed E-state index contributed by atoms with van der Waals surface area (Å²) < 4.78 is 0. The summed E-state index contributed by atoms with van der Waals surface area (Å²) in [5.74, 6) is 0.0645. The van der Waals surface area contributed by atoms with Crippen molar-refractivity contribution in [2.75, 3.05) is 20.1 Å². The summed E-state index contributed by atoms with van der Waals surface area (Å²) in [7, 11) is 1.73. The summed E-state index contributed by atoms with van der Waals surface area (Å²) in [6, 6.07) is 0.296. The van der Waals surface area contributed by atoms with Crippen LogP contribution in [0.4, 0.5) is 0 Å². The Bertz CT molecular complexity index is 279. The van der Waals surface area contributed by atoms with E-state index >= 15 is 0 Å². The Labute approximate surface area is 111 Å². The molecule has 0 radical (unpaired) electrons. The predicted molar refractivity (Wildman–Crippen MR) is 73.8 cm³/mol. The minimum atomic E-state index is -0.827. The fourth-order valence-electron chi connectivity index (χ4n) is 2.64. The number of rotatable bonds is 8. The lowest BCUT2D eigenvalue weighted by Crippen LogP contribution is -2.52. The molecule has 106 valence electrons. The second kappa shape index (κ2) is 6.53. The molecule has 1 rings (SSSR count). The molecule has 1 aliphatic rings. The van der Waals surface area contributed by atoms with Crippen LogP contribution < -0.4 is 5.32 Å². The molecule has 4 nitrogen and oxygen atoms in total. The van der Waals surface area contributed by atoms with Crippen LogP contribution in [-0.2, 0) is 4.79 Å². The van der Waals surface area contributed by atoms with E-state index in [2.05, 4.69) is 24.1 Å². The summed E-state index contributed by atoms with van der Waals surface area (Å²) in [5.41, 5.74) is -0.827. The molecule has 0 spiro atoms. The molecule has 0 aliphatic heterocycles. The maximum atomic E-state index is 11.3. The fourth-order valence-corrected chi connectivity index (χ4v) is 2.64. The number of carboxylic acids is 1. The zero-order chi connectivity index (χ0) is 13.8. The minimum Gasteiger partial charge on any atom is -0.480 e. The van der Waals surface area contributed by atoms with E-state index in [0.29, 0.717) is 12.5 Å². The van der Waals surface area contributed by atoms with Crippen LogP contribution in [0.5, 0.6) is 0 Å². The second-order valence-electron chi connectivity index (χ2n) is 5.82. The summed E-state index contributed by atoms with van der Waals surface area (Å²) in [5, 5.41) is 12.2. The van der Waals surface area contributed by atoms with Gasteiger partial charge in [0.1, 0.15) is 5.54 Å². The van der Waals surface area contributed by atoms with Gasteiger partial charge >= 0.3 is 5.97 Å². The van der Waals surface area contributed by atoms with Gasteiger partial charge in [0, 0.05) is 12.6 Å². The van der Waals surface area contributed by atoms with Gasteiger partial charge < -0.3 is 15.3 Å². The molecule has 0 amide bonds. The fraction of sp³-hybridized carbons (Fsp3) is 0.929. The molecule has 1 aliphatic carbocycles. The third-order valence-electron chi connectivity index (χ3n) is 4.47. The normalized spacial score (nSPS) is 21.4. The first-order valence-electron chi connectivity index (χ1n) is 7.09. The summed E-state index contributed by atoms with van der Waals surface area (Å²) in [6.45, 7) is 8.19. The van der Waals surface area contributed by atoms with Crippen LogP contribution in [0.1, 0.15) is 46.5 Å². The van der Waals surface area contributed by atoms with E-state index in [1.54, 1.807) is 14.0 Å². The van der Waals surface area contributed by atoms with Crippen molar-refractivity contribution in [2.45, 2.75) is 58.0 Å². The van der Waals surface area contributed by atoms with Gasteiger partial charge in [-0.05, 0) is 52.6 Å². The smallest absolute Gasteiger partial charge is 0.323 e. The standard InChI is InChI=1S/C14H28N2O2/c1-5-16(10-12-7-6-8-12)11(2)9-14(3,15-4)13(17)18/h11-12,15H,5-10H2,1-4H3,(H,17,18). The summed E-state index contributed by atoms with van der Waals surface area (Å²) in [6.07, 6.45) is 4.68. The van der Waals surface area contributed by atoms with Gasteiger partial charge in [-0.15, -0.1) is 0 Å². The molecule has 0 aromatic carbocycles. The third-order valence-corrected chi connectivity index (χ3v) is 4.47. The lowest BCUT2D eigenvalue weighted by Gasteiger charge is -2.38. The number of aliphatic carboxylic acids is 1. The van der Waals surface area contributed by atoms with Crippen molar-refractivity contribution in [3.05, 3.63) is 0 Å². The quantitative estimate of drug-likeness (QED) is 0.697. The molecule has 4 heteroatoms. The van der Waals surface area contributed by atoms with Crippen LogP contribution in [-0.4, -0.2) is 47.7 Å². The highest BCUT2D eigenvalue weighted by molar-refractivity contribution is 5.78. The number of nitrogens with one attached hydrogen (secondary N) is 1. The van der Waals surface area contributed by atoms with Gasteiger partial charge in [-0.2, -0.15) is 0 Å². The largest absolute Gasteiger partial charge is 0.480 e. The molecule has 1 fully saturated rings.